The molecule has 144 valence electrons. The molecule has 0 aliphatic carbocycles. The fourth-order valence-electron chi connectivity index (χ4n) is 3.78. The number of thiazole rings is 1. The Bertz CT molecular complexity index is 807. The molecule has 0 saturated carbocycles. The van der Waals surface area contributed by atoms with Gasteiger partial charge in [0.2, 0.25) is 0 Å². The van der Waals surface area contributed by atoms with Crippen LogP contribution in [0.15, 0.2) is 29.8 Å². The van der Waals surface area contributed by atoms with Crippen molar-refractivity contribution >= 4 is 22.4 Å². The molecule has 27 heavy (non-hydrogen) atoms. The van der Waals surface area contributed by atoms with Crippen molar-refractivity contribution < 1.29 is 14.3 Å². The number of carbonyl (C=O) groups excluding carboxylic acids is 1. The third-order valence-corrected chi connectivity index (χ3v) is 5.80. The molecule has 1 N–H and O–H groups in total. The molecule has 0 bridgehead atoms. The van der Waals surface area contributed by atoms with Gasteiger partial charge in [0.05, 0.1) is 0 Å². The van der Waals surface area contributed by atoms with Crippen LogP contribution in [0.3, 0.4) is 0 Å². The van der Waals surface area contributed by atoms with Crippen LogP contribution in [0.1, 0.15) is 32.3 Å². The van der Waals surface area contributed by atoms with E-state index in [0.29, 0.717) is 18.3 Å². The number of ether oxygens (including phenoxy) is 2. The summed E-state index contributed by atoms with van der Waals surface area (Å²) in [5.74, 6) is 1.29. The molecule has 1 atom stereocenters. The molecule has 1 saturated heterocycles. The van der Waals surface area contributed by atoms with Crippen LogP contribution in [0.4, 0.5) is 5.13 Å². The van der Waals surface area contributed by atoms with Gasteiger partial charge < -0.3 is 19.7 Å². The SMILES string of the molecule is CC1(C)Cc2cccc(OCC(=O)NCC3CCCN3c3nccs3)c2O1. The number of para-hydroxylation sites is 1. The Morgan fingerprint density at radius 1 is 1.48 bits per heavy atom. The molecular formula is C20H25N3O3S. The quantitative estimate of drug-likeness (QED) is 0.825. The van der Waals surface area contributed by atoms with E-state index in [4.69, 9.17) is 9.47 Å². The summed E-state index contributed by atoms with van der Waals surface area (Å²) in [5.41, 5.74) is 0.897. The average Bonchev–Trinajstić information content (AvgIpc) is 3.35. The van der Waals surface area contributed by atoms with Crippen molar-refractivity contribution in [3.05, 3.63) is 35.3 Å². The Morgan fingerprint density at radius 2 is 2.37 bits per heavy atom. The highest BCUT2D eigenvalue weighted by Gasteiger charge is 2.32. The molecule has 1 aromatic carbocycles. The lowest BCUT2D eigenvalue weighted by Gasteiger charge is -2.24. The minimum absolute atomic E-state index is 0.00971. The number of aromatic nitrogens is 1. The van der Waals surface area contributed by atoms with E-state index in [9.17, 15) is 4.79 Å². The molecule has 1 unspecified atom stereocenters. The van der Waals surface area contributed by atoms with Gasteiger partial charge in [-0.2, -0.15) is 0 Å². The van der Waals surface area contributed by atoms with Gasteiger partial charge >= 0.3 is 0 Å². The molecule has 4 rings (SSSR count). The second-order valence-electron chi connectivity index (χ2n) is 7.68. The summed E-state index contributed by atoms with van der Waals surface area (Å²) in [6.45, 7) is 5.70. The van der Waals surface area contributed by atoms with Gasteiger partial charge in [0.15, 0.2) is 23.2 Å². The highest BCUT2D eigenvalue weighted by molar-refractivity contribution is 7.13. The lowest BCUT2D eigenvalue weighted by molar-refractivity contribution is -0.123. The second kappa shape index (κ2) is 7.38. The van der Waals surface area contributed by atoms with Gasteiger partial charge in [-0.3, -0.25) is 4.79 Å². The second-order valence-corrected chi connectivity index (χ2v) is 8.55. The Labute approximate surface area is 163 Å². The summed E-state index contributed by atoms with van der Waals surface area (Å²) in [7, 11) is 0. The molecule has 3 heterocycles. The summed E-state index contributed by atoms with van der Waals surface area (Å²) in [5, 5.41) is 6.02. The van der Waals surface area contributed by atoms with Gasteiger partial charge in [-0.05, 0) is 32.8 Å². The fraction of sp³-hybridized carbons (Fsp3) is 0.500. The molecule has 1 amide bonds. The summed E-state index contributed by atoms with van der Waals surface area (Å²) < 4.78 is 11.7. The Balaban J connectivity index is 1.29. The fourth-order valence-corrected chi connectivity index (χ4v) is 4.53. The van der Waals surface area contributed by atoms with E-state index < -0.39 is 0 Å². The maximum atomic E-state index is 12.3. The lowest BCUT2D eigenvalue weighted by Crippen LogP contribution is -2.41. The first kappa shape index (κ1) is 18.1. The first-order valence-electron chi connectivity index (χ1n) is 9.38. The molecule has 7 heteroatoms. The zero-order valence-corrected chi connectivity index (χ0v) is 16.6. The number of amides is 1. The van der Waals surface area contributed by atoms with Crippen LogP contribution in [-0.4, -0.2) is 42.2 Å². The Hall–Kier alpha value is -2.28. The van der Waals surface area contributed by atoms with Crippen LogP contribution in [0.5, 0.6) is 11.5 Å². The van der Waals surface area contributed by atoms with Crippen LogP contribution in [0.25, 0.3) is 0 Å². The number of carbonyl (C=O) groups is 1. The topological polar surface area (TPSA) is 63.7 Å². The zero-order chi connectivity index (χ0) is 18.9. The zero-order valence-electron chi connectivity index (χ0n) is 15.7. The van der Waals surface area contributed by atoms with E-state index >= 15 is 0 Å². The van der Waals surface area contributed by atoms with E-state index in [1.165, 1.54) is 0 Å². The van der Waals surface area contributed by atoms with Crippen molar-refractivity contribution in [2.75, 3.05) is 24.6 Å². The smallest absolute Gasteiger partial charge is 0.258 e. The molecule has 2 aromatic rings. The van der Waals surface area contributed by atoms with E-state index in [0.717, 1.165) is 42.3 Å². The van der Waals surface area contributed by atoms with Gasteiger partial charge in [-0.15, -0.1) is 11.3 Å². The minimum atomic E-state index is -0.230. The van der Waals surface area contributed by atoms with Crippen molar-refractivity contribution in [1.82, 2.24) is 10.3 Å². The Morgan fingerprint density at radius 3 is 3.19 bits per heavy atom. The van der Waals surface area contributed by atoms with Gasteiger partial charge in [0, 0.05) is 42.7 Å². The molecular weight excluding hydrogens is 362 g/mol. The number of anilines is 1. The molecule has 1 fully saturated rings. The maximum absolute atomic E-state index is 12.3. The summed E-state index contributed by atoms with van der Waals surface area (Å²) in [6, 6.07) is 6.14. The monoisotopic (exact) mass is 387 g/mol. The standard InChI is InChI=1S/C20H25N3O3S/c1-20(2)11-14-5-3-7-16(18(14)26-20)25-13-17(24)22-12-15-6-4-9-23(15)19-21-8-10-27-19/h3,5,7-8,10,15H,4,6,9,11-13H2,1-2H3,(H,22,24). The van der Waals surface area contributed by atoms with E-state index in [1.54, 1.807) is 11.3 Å². The van der Waals surface area contributed by atoms with Crippen LogP contribution in [0.2, 0.25) is 0 Å². The molecule has 2 aliphatic heterocycles. The number of hydrogen-bond acceptors (Lipinski definition) is 6. The predicted octanol–water partition coefficient (Wildman–Crippen LogP) is 3.02. The van der Waals surface area contributed by atoms with Crippen LogP contribution in [-0.2, 0) is 11.2 Å². The highest BCUT2D eigenvalue weighted by Crippen LogP contribution is 2.41. The van der Waals surface area contributed by atoms with Crippen molar-refractivity contribution in [3.63, 3.8) is 0 Å². The normalized spacial score (nSPS) is 20.2. The number of benzene rings is 1. The number of nitrogens with zero attached hydrogens (tertiary/aromatic N) is 2. The molecule has 2 aliphatic rings. The van der Waals surface area contributed by atoms with Crippen molar-refractivity contribution in [2.24, 2.45) is 0 Å². The first-order valence-corrected chi connectivity index (χ1v) is 10.3. The predicted molar refractivity (Wildman–Crippen MR) is 106 cm³/mol. The van der Waals surface area contributed by atoms with Gasteiger partial charge in [-0.25, -0.2) is 4.98 Å². The van der Waals surface area contributed by atoms with Gasteiger partial charge in [-0.1, -0.05) is 12.1 Å². The summed E-state index contributed by atoms with van der Waals surface area (Å²) in [6.07, 6.45) is 4.86. The molecule has 0 radical (unpaired) electrons. The van der Waals surface area contributed by atoms with Crippen molar-refractivity contribution in [1.29, 1.82) is 0 Å². The summed E-state index contributed by atoms with van der Waals surface area (Å²) >= 11 is 1.64. The van der Waals surface area contributed by atoms with Crippen molar-refractivity contribution in [2.45, 2.75) is 44.8 Å². The van der Waals surface area contributed by atoms with Crippen molar-refractivity contribution in [3.8, 4) is 11.5 Å². The number of rotatable bonds is 6. The first-order chi connectivity index (χ1) is 13.0. The van der Waals surface area contributed by atoms with Crippen LogP contribution < -0.4 is 19.7 Å². The lowest BCUT2D eigenvalue weighted by atomic mass is 10.0. The number of fused-ring (bicyclic) bond motifs is 1. The van der Waals surface area contributed by atoms with E-state index in [1.807, 2.05) is 29.8 Å². The third-order valence-electron chi connectivity index (χ3n) is 4.99. The van der Waals surface area contributed by atoms with Crippen LogP contribution in [0, 0.1) is 0 Å². The third kappa shape index (κ3) is 4.03. The molecule has 1 aromatic heterocycles. The number of hydrogen-bond donors (Lipinski definition) is 1. The Kier molecular flexibility index (Phi) is 4.95. The molecule has 0 spiro atoms. The minimum Gasteiger partial charge on any atom is -0.483 e. The largest absolute Gasteiger partial charge is 0.483 e. The van der Waals surface area contributed by atoms with Gasteiger partial charge in [0.1, 0.15) is 5.60 Å². The van der Waals surface area contributed by atoms with Crippen LogP contribution >= 0.6 is 11.3 Å². The van der Waals surface area contributed by atoms with Gasteiger partial charge in [0.25, 0.3) is 5.91 Å². The maximum Gasteiger partial charge on any atom is 0.258 e. The van der Waals surface area contributed by atoms with E-state index in [2.05, 4.69) is 29.0 Å². The number of nitrogens with one attached hydrogen (secondary N) is 1. The average molecular weight is 388 g/mol. The van der Waals surface area contributed by atoms with E-state index in [-0.39, 0.29) is 18.1 Å². The molecule has 6 nitrogen and oxygen atoms in total. The highest BCUT2D eigenvalue weighted by atomic mass is 32.1. The summed E-state index contributed by atoms with van der Waals surface area (Å²) in [4.78, 5) is 19.0.